The Labute approximate surface area is 76.4 Å². The second kappa shape index (κ2) is 3.49. The van der Waals surface area contributed by atoms with E-state index in [9.17, 15) is 5.11 Å². The molecular weight excluding hydrogens is 164 g/mol. The lowest BCUT2D eigenvalue weighted by Gasteiger charge is -2.10. The Morgan fingerprint density at radius 3 is 1.92 bits per heavy atom. The van der Waals surface area contributed by atoms with Crippen LogP contribution in [0.25, 0.3) is 0 Å². The fourth-order valence-electron chi connectivity index (χ4n) is 1.49. The zero-order valence-corrected chi connectivity index (χ0v) is 7.20. The molecule has 0 bridgehead atoms. The predicted octanol–water partition coefficient (Wildman–Crippen LogP) is 1.47. The lowest BCUT2D eigenvalue weighted by Crippen LogP contribution is -2.06. The molecular formula is C10H12N2O. The van der Waals surface area contributed by atoms with Crippen LogP contribution in [0.15, 0.2) is 36.7 Å². The highest BCUT2D eigenvalue weighted by atomic mass is 16.3. The molecule has 0 aliphatic rings. The van der Waals surface area contributed by atoms with E-state index in [1.54, 1.807) is 0 Å². The summed E-state index contributed by atoms with van der Waals surface area (Å²) in [6.45, 7) is 0.112. The van der Waals surface area contributed by atoms with Crippen LogP contribution >= 0.6 is 0 Å². The molecule has 3 N–H and O–H groups in total. The van der Waals surface area contributed by atoms with Crippen molar-refractivity contribution in [3.8, 4) is 0 Å². The third-order valence-corrected chi connectivity index (χ3v) is 2.18. The molecule has 0 aromatic carbocycles. The first-order valence-electron chi connectivity index (χ1n) is 4.29. The Kier molecular flexibility index (Phi) is 2.19. The van der Waals surface area contributed by atoms with Crippen LogP contribution in [-0.2, 0) is 0 Å². The molecule has 3 heteroatoms. The summed E-state index contributed by atoms with van der Waals surface area (Å²) in [5.74, 6) is 0.0324. The van der Waals surface area contributed by atoms with Gasteiger partial charge in [-0.3, -0.25) is 0 Å². The van der Waals surface area contributed by atoms with Crippen LogP contribution in [0.4, 0.5) is 0 Å². The number of aromatic amines is 2. The molecule has 2 aromatic heterocycles. The number of hydrogen-bond donors (Lipinski definition) is 3. The van der Waals surface area contributed by atoms with Crippen LogP contribution in [0, 0.1) is 0 Å². The fourth-order valence-corrected chi connectivity index (χ4v) is 1.49. The number of nitrogens with one attached hydrogen (secondary N) is 2. The summed E-state index contributed by atoms with van der Waals surface area (Å²) in [5, 5.41) is 9.23. The standard InChI is InChI=1S/C10H12N2O/c13-7-8(9-3-1-5-11-9)10-4-2-6-12-10/h1-6,8,11-13H,7H2. The molecule has 0 unspecified atom stereocenters. The van der Waals surface area contributed by atoms with Crippen LogP contribution in [0.2, 0.25) is 0 Å². The molecule has 0 aliphatic heterocycles. The van der Waals surface area contributed by atoms with E-state index in [1.165, 1.54) is 0 Å². The molecule has 13 heavy (non-hydrogen) atoms. The van der Waals surface area contributed by atoms with Crippen LogP contribution in [-0.4, -0.2) is 21.7 Å². The molecule has 2 aromatic rings. The van der Waals surface area contributed by atoms with Gasteiger partial charge in [-0.25, -0.2) is 0 Å². The summed E-state index contributed by atoms with van der Waals surface area (Å²) in [7, 11) is 0. The minimum Gasteiger partial charge on any atom is -0.395 e. The zero-order valence-electron chi connectivity index (χ0n) is 7.20. The van der Waals surface area contributed by atoms with E-state index in [-0.39, 0.29) is 12.5 Å². The van der Waals surface area contributed by atoms with E-state index in [4.69, 9.17) is 0 Å². The van der Waals surface area contributed by atoms with Crippen molar-refractivity contribution in [3.05, 3.63) is 48.0 Å². The van der Waals surface area contributed by atoms with Crippen molar-refractivity contribution in [2.75, 3.05) is 6.61 Å². The maximum Gasteiger partial charge on any atom is 0.0622 e. The smallest absolute Gasteiger partial charge is 0.0622 e. The van der Waals surface area contributed by atoms with Gasteiger partial charge in [0.2, 0.25) is 0 Å². The monoisotopic (exact) mass is 176 g/mol. The average Bonchev–Trinajstić information content (AvgIpc) is 2.76. The van der Waals surface area contributed by atoms with Crippen LogP contribution in [0.5, 0.6) is 0 Å². The maximum atomic E-state index is 9.23. The molecule has 0 fully saturated rings. The number of aliphatic hydroxyl groups is 1. The third kappa shape index (κ3) is 1.51. The van der Waals surface area contributed by atoms with Gasteiger partial charge in [-0.2, -0.15) is 0 Å². The molecule has 2 rings (SSSR count). The molecule has 2 heterocycles. The number of aromatic nitrogens is 2. The van der Waals surface area contributed by atoms with Gasteiger partial charge in [0.25, 0.3) is 0 Å². The molecule has 3 nitrogen and oxygen atoms in total. The highest BCUT2D eigenvalue weighted by Crippen LogP contribution is 2.20. The predicted molar refractivity (Wildman–Crippen MR) is 50.5 cm³/mol. The summed E-state index contributed by atoms with van der Waals surface area (Å²) in [4.78, 5) is 6.19. The molecule has 0 saturated carbocycles. The Morgan fingerprint density at radius 2 is 1.62 bits per heavy atom. The minimum absolute atomic E-state index is 0.0324. The third-order valence-electron chi connectivity index (χ3n) is 2.18. The first-order chi connectivity index (χ1) is 6.42. The summed E-state index contributed by atoms with van der Waals surface area (Å²) in [6.07, 6.45) is 3.72. The number of H-pyrrole nitrogens is 2. The first kappa shape index (κ1) is 8.13. The van der Waals surface area contributed by atoms with Gasteiger partial charge >= 0.3 is 0 Å². The van der Waals surface area contributed by atoms with Gasteiger partial charge in [-0.1, -0.05) is 0 Å². The minimum atomic E-state index is 0.0324. The van der Waals surface area contributed by atoms with Crippen LogP contribution in [0.1, 0.15) is 17.3 Å². The van der Waals surface area contributed by atoms with E-state index in [1.807, 2.05) is 36.7 Å². The molecule has 0 spiro atoms. The average molecular weight is 176 g/mol. The molecule has 0 amide bonds. The maximum absolute atomic E-state index is 9.23. The highest BCUT2D eigenvalue weighted by Gasteiger charge is 2.13. The Morgan fingerprint density at radius 1 is 1.08 bits per heavy atom. The lowest BCUT2D eigenvalue weighted by atomic mass is 10.0. The van der Waals surface area contributed by atoms with E-state index < -0.39 is 0 Å². The van der Waals surface area contributed by atoms with E-state index >= 15 is 0 Å². The van der Waals surface area contributed by atoms with Crippen molar-refractivity contribution in [1.82, 2.24) is 9.97 Å². The van der Waals surface area contributed by atoms with Gasteiger partial charge in [0.1, 0.15) is 0 Å². The highest BCUT2D eigenvalue weighted by molar-refractivity contribution is 5.23. The first-order valence-corrected chi connectivity index (χ1v) is 4.29. The van der Waals surface area contributed by atoms with Gasteiger partial charge in [0.05, 0.1) is 12.5 Å². The number of aliphatic hydroxyl groups excluding tert-OH is 1. The molecule has 0 saturated heterocycles. The lowest BCUT2D eigenvalue weighted by molar-refractivity contribution is 0.277. The summed E-state index contributed by atoms with van der Waals surface area (Å²) in [6, 6.07) is 7.81. The van der Waals surface area contributed by atoms with Gasteiger partial charge < -0.3 is 15.1 Å². The Bertz CT molecular complexity index is 303. The molecule has 68 valence electrons. The number of rotatable bonds is 3. The quantitative estimate of drug-likeness (QED) is 0.651. The normalized spacial score (nSPS) is 10.9. The zero-order chi connectivity index (χ0) is 9.10. The summed E-state index contributed by atoms with van der Waals surface area (Å²) >= 11 is 0. The van der Waals surface area contributed by atoms with Gasteiger partial charge in [-0.05, 0) is 24.3 Å². The fraction of sp³-hybridized carbons (Fsp3) is 0.200. The molecule has 0 atom stereocenters. The SMILES string of the molecule is OCC(c1ccc[nH]1)c1ccc[nH]1. The largest absolute Gasteiger partial charge is 0.395 e. The van der Waals surface area contributed by atoms with Crippen molar-refractivity contribution in [1.29, 1.82) is 0 Å². The van der Waals surface area contributed by atoms with Crippen molar-refractivity contribution in [3.63, 3.8) is 0 Å². The second-order valence-corrected chi connectivity index (χ2v) is 2.99. The van der Waals surface area contributed by atoms with Crippen LogP contribution < -0.4 is 0 Å². The second-order valence-electron chi connectivity index (χ2n) is 2.99. The van der Waals surface area contributed by atoms with E-state index in [0.29, 0.717) is 0 Å². The van der Waals surface area contributed by atoms with Crippen molar-refractivity contribution in [2.24, 2.45) is 0 Å². The van der Waals surface area contributed by atoms with Crippen molar-refractivity contribution >= 4 is 0 Å². The van der Waals surface area contributed by atoms with Crippen LogP contribution in [0.3, 0.4) is 0 Å². The molecule has 0 aliphatic carbocycles. The van der Waals surface area contributed by atoms with E-state index in [0.717, 1.165) is 11.4 Å². The topological polar surface area (TPSA) is 51.8 Å². The van der Waals surface area contributed by atoms with Gasteiger partial charge in [-0.15, -0.1) is 0 Å². The summed E-state index contributed by atoms with van der Waals surface area (Å²) in [5.41, 5.74) is 2.06. The number of hydrogen-bond acceptors (Lipinski definition) is 1. The Hall–Kier alpha value is -1.48. The van der Waals surface area contributed by atoms with Gasteiger partial charge in [0.15, 0.2) is 0 Å². The summed E-state index contributed by atoms with van der Waals surface area (Å²) < 4.78 is 0. The molecule has 0 radical (unpaired) electrons. The van der Waals surface area contributed by atoms with Crippen molar-refractivity contribution < 1.29 is 5.11 Å². The van der Waals surface area contributed by atoms with E-state index in [2.05, 4.69) is 9.97 Å². The Balaban J connectivity index is 2.29. The van der Waals surface area contributed by atoms with Crippen molar-refractivity contribution in [2.45, 2.75) is 5.92 Å². The van der Waals surface area contributed by atoms with Gasteiger partial charge in [0, 0.05) is 23.8 Å².